The lowest BCUT2D eigenvalue weighted by Crippen LogP contribution is -2.12. The van der Waals surface area contributed by atoms with Crippen molar-refractivity contribution < 1.29 is 4.79 Å². The predicted molar refractivity (Wildman–Crippen MR) is 97.8 cm³/mol. The summed E-state index contributed by atoms with van der Waals surface area (Å²) in [7, 11) is 0. The molecule has 0 saturated heterocycles. The Kier molecular flexibility index (Phi) is 4.38. The molecular weight excluding hydrogens is 298 g/mol. The first-order chi connectivity index (χ1) is 11.5. The summed E-state index contributed by atoms with van der Waals surface area (Å²) >= 11 is 0. The van der Waals surface area contributed by atoms with Crippen LogP contribution in [-0.2, 0) is 6.42 Å². The van der Waals surface area contributed by atoms with Gasteiger partial charge in [0.1, 0.15) is 5.65 Å². The summed E-state index contributed by atoms with van der Waals surface area (Å²) in [6, 6.07) is 11.7. The number of amides is 1. The second-order valence-electron chi connectivity index (χ2n) is 6.37. The Hall–Kier alpha value is -2.62. The van der Waals surface area contributed by atoms with E-state index in [1.54, 1.807) is 0 Å². The minimum atomic E-state index is -0.111. The smallest absolute Gasteiger partial charge is 0.257 e. The van der Waals surface area contributed by atoms with Gasteiger partial charge in [0.15, 0.2) is 0 Å². The van der Waals surface area contributed by atoms with Gasteiger partial charge < -0.3 is 9.72 Å². The van der Waals surface area contributed by atoms with Crippen LogP contribution in [0.2, 0.25) is 0 Å². The molecule has 0 aliphatic carbocycles. The highest BCUT2D eigenvalue weighted by Crippen LogP contribution is 2.18. The Balaban J connectivity index is 1.84. The fourth-order valence-electron chi connectivity index (χ4n) is 2.83. The number of hydrogen-bond donors (Lipinski definition) is 1. The molecule has 0 radical (unpaired) electrons. The molecule has 0 saturated carbocycles. The highest BCUT2D eigenvalue weighted by atomic mass is 16.1. The summed E-state index contributed by atoms with van der Waals surface area (Å²) in [5.74, 6) is 0.370. The summed E-state index contributed by atoms with van der Waals surface area (Å²) in [6.07, 6.45) is 2.74. The van der Waals surface area contributed by atoms with Crippen molar-refractivity contribution in [2.75, 3.05) is 5.32 Å². The average molecular weight is 321 g/mol. The third-order valence-corrected chi connectivity index (χ3v) is 4.39. The first kappa shape index (κ1) is 16.2. The normalized spacial score (nSPS) is 11.2. The molecule has 0 spiro atoms. The molecule has 2 heterocycles. The summed E-state index contributed by atoms with van der Waals surface area (Å²) in [5, 5.41) is 2.96. The second kappa shape index (κ2) is 6.48. The number of anilines is 1. The van der Waals surface area contributed by atoms with Gasteiger partial charge in [-0.1, -0.05) is 32.9 Å². The average Bonchev–Trinajstić information content (AvgIpc) is 2.91. The van der Waals surface area contributed by atoms with E-state index in [1.165, 1.54) is 5.56 Å². The van der Waals surface area contributed by atoms with Crippen molar-refractivity contribution in [3.05, 3.63) is 65.1 Å². The van der Waals surface area contributed by atoms with E-state index in [0.717, 1.165) is 29.1 Å². The van der Waals surface area contributed by atoms with E-state index in [-0.39, 0.29) is 5.91 Å². The summed E-state index contributed by atoms with van der Waals surface area (Å²) in [6.45, 7) is 8.43. The van der Waals surface area contributed by atoms with E-state index in [2.05, 4.69) is 43.2 Å². The molecule has 3 rings (SSSR count). The van der Waals surface area contributed by atoms with E-state index < -0.39 is 0 Å². The van der Waals surface area contributed by atoms with Crippen LogP contribution in [0.1, 0.15) is 54.0 Å². The molecule has 2 aromatic heterocycles. The predicted octanol–water partition coefficient (Wildman–Crippen LogP) is 4.58. The SMILES string of the molecule is CCc1nc2ccc(C(=O)Nc3ccc(C(C)C)cc3)cn2c1C. The fourth-order valence-corrected chi connectivity index (χ4v) is 2.83. The lowest BCUT2D eigenvalue weighted by Gasteiger charge is -2.09. The van der Waals surface area contributed by atoms with Crippen LogP contribution < -0.4 is 5.32 Å². The Morgan fingerprint density at radius 1 is 1.17 bits per heavy atom. The Bertz CT molecular complexity index is 876. The zero-order chi connectivity index (χ0) is 17.3. The van der Waals surface area contributed by atoms with Gasteiger partial charge in [-0.2, -0.15) is 0 Å². The van der Waals surface area contributed by atoms with Crippen molar-refractivity contribution in [1.82, 2.24) is 9.38 Å². The molecule has 4 heteroatoms. The van der Waals surface area contributed by atoms with Crippen LogP contribution in [0.25, 0.3) is 5.65 Å². The number of carbonyl (C=O) groups excluding carboxylic acids is 1. The van der Waals surface area contributed by atoms with Crippen molar-refractivity contribution in [1.29, 1.82) is 0 Å². The van der Waals surface area contributed by atoms with Crippen LogP contribution in [0.3, 0.4) is 0 Å². The van der Waals surface area contributed by atoms with Crippen LogP contribution in [0, 0.1) is 6.92 Å². The molecule has 1 N–H and O–H groups in total. The number of pyridine rings is 1. The molecule has 0 bridgehead atoms. The number of aromatic nitrogens is 2. The second-order valence-corrected chi connectivity index (χ2v) is 6.37. The number of benzene rings is 1. The molecule has 24 heavy (non-hydrogen) atoms. The van der Waals surface area contributed by atoms with Crippen LogP contribution in [-0.4, -0.2) is 15.3 Å². The number of rotatable bonds is 4. The number of nitrogens with one attached hydrogen (secondary N) is 1. The van der Waals surface area contributed by atoms with Crippen molar-refractivity contribution in [2.24, 2.45) is 0 Å². The molecule has 0 fully saturated rings. The van der Waals surface area contributed by atoms with Gasteiger partial charge in [-0.3, -0.25) is 4.79 Å². The third-order valence-electron chi connectivity index (χ3n) is 4.39. The lowest BCUT2D eigenvalue weighted by molar-refractivity contribution is 0.102. The molecule has 0 atom stereocenters. The zero-order valence-corrected chi connectivity index (χ0v) is 14.6. The van der Waals surface area contributed by atoms with Crippen LogP contribution >= 0.6 is 0 Å². The van der Waals surface area contributed by atoms with Crippen LogP contribution in [0.15, 0.2) is 42.6 Å². The van der Waals surface area contributed by atoms with Crippen molar-refractivity contribution in [2.45, 2.75) is 40.0 Å². The Morgan fingerprint density at radius 2 is 1.88 bits per heavy atom. The van der Waals surface area contributed by atoms with E-state index in [9.17, 15) is 4.79 Å². The molecule has 1 aromatic carbocycles. The van der Waals surface area contributed by atoms with Crippen molar-refractivity contribution >= 4 is 17.2 Å². The molecule has 0 aliphatic heterocycles. The summed E-state index contributed by atoms with van der Waals surface area (Å²) < 4.78 is 1.98. The number of nitrogens with zero attached hydrogens (tertiary/aromatic N) is 2. The number of carbonyl (C=O) groups is 1. The number of fused-ring (bicyclic) bond motifs is 1. The first-order valence-electron chi connectivity index (χ1n) is 8.38. The Morgan fingerprint density at radius 3 is 2.50 bits per heavy atom. The van der Waals surface area contributed by atoms with E-state index >= 15 is 0 Å². The van der Waals surface area contributed by atoms with E-state index in [1.807, 2.05) is 41.8 Å². The minimum absolute atomic E-state index is 0.111. The highest BCUT2D eigenvalue weighted by molar-refractivity contribution is 6.04. The molecule has 3 aromatic rings. The zero-order valence-electron chi connectivity index (χ0n) is 14.6. The van der Waals surface area contributed by atoms with Gasteiger partial charge in [-0.15, -0.1) is 0 Å². The molecule has 0 aliphatic rings. The lowest BCUT2D eigenvalue weighted by atomic mass is 10.0. The standard InChI is InChI=1S/C20H23N3O/c1-5-18-14(4)23-12-16(8-11-19(23)22-18)20(24)21-17-9-6-15(7-10-17)13(2)3/h6-13H,5H2,1-4H3,(H,21,24). The minimum Gasteiger partial charge on any atom is -0.322 e. The fraction of sp³-hybridized carbons (Fsp3) is 0.300. The molecular formula is C20H23N3O. The maximum atomic E-state index is 12.5. The molecule has 1 amide bonds. The molecule has 0 unspecified atom stereocenters. The molecule has 124 valence electrons. The monoisotopic (exact) mass is 321 g/mol. The van der Waals surface area contributed by atoms with Gasteiger partial charge in [-0.25, -0.2) is 4.98 Å². The largest absolute Gasteiger partial charge is 0.322 e. The van der Waals surface area contributed by atoms with Crippen molar-refractivity contribution in [3.63, 3.8) is 0 Å². The number of aryl methyl sites for hydroxylation is 2. The highest BCUT2D eigenvalue weighted by Gasteiger charge is 2.11. The van der Waals surface area contributed by atoms with Gasteiger partial charge >= 0.3 is 0 Å². The number of imidazole rings is 1. The van der Waals surface area contributed by atoms with E-state index in [4.69, 9.17) is 0 Å². The van der Waals surface area contributed by atoms with Gasteiger partial charge in [0.05, 0.1) is 11.3 Å². The van der Waals surface area contributed by atoms with Crippen molar-refractivity contribution in [3.8, 4) is 0 Å². The summed E-state index contributed by atoms with van der Waals surface area (Å²) in [4.78, 5) is 17.1. The van der Waals surface area contributed by atoms with Gasteiger partial charge in [0.2, 0.25) is 0 Å². The van der Waals surface area contributed by atoms with E-state index in [0.29, 0.717) is 11.5 Å². The maximum Gasteiger partial charge on any atom is 0.257 e. The third kappa shape index (κ3) is 3.04. The number of hydrogen-bond acceptors (Lipinski definition) is 2. The van der Waals surface area contributed by atoms with Gasteiger partial charge in [-0.05, 0) is 49.1 Å². The topological polar surface area (TPSA) is 46.4 Å². The first-order valence-corrected chi connectivity index (χ1v) is 8.38. The molecule has 4 nitrogen and oxygen atoms in total. The maximum absolute atomic E-state index is 12.5. The summed E-state index contributed by atoms with van der Waals surface area (Å²) in [5.41, 5.74) is 5.72. The van der Waals surface area contributed by atoms with Crippen LogP contribution in [0.4, 0.5) is 5.69 Å². The van der Waals surface area contributed by atoms with Gasteiger partial charge in [0.25, 0.3) is 5.91 Å². The Labute approximate surface area is 142 Å². The quantitative estimate of drug-likeness (QED) is 0.764. The van der Waals surface area contributed by atoms with Gasteiger partial charge in [0, 0.05) is 17.6 Å². The van der Waals surface area contributed by atoms with Crippen LogP contribution in [0.5, 0.6) is 0 Å².